The molecule has 9 heteroatoms. The summed E-state index contributed by atoms with van der Waals surface area (Å²) in [5.74, 6) is 0.478. The summed E-state index contributed by atoms with van der Waals surface area (Å²) in [5, 5.41) is 0.697. The van der Waals surface area contributed by atoms with Gasteiger partial charge in [0.05, 0.1) is 16.0 Å². The van der Waals surface area contributed by atoms with Gasteiger partial charge in [-0.3, -0.25) is 4.79 Å². The van der Waals surface area contributed by atoms with Crippen molar-refractivity contribution in [3.05, 3.63) is 64.2 Å². The number of thiazole rings is 1. The van der Waals surface area contributed by atoms with E-state index in [1.54, 1.807) is 18.7 Å². The van der Waals surface area contributed by atoms with Crippen molar-refractivity contribution in [3.8, 4) is 16.3 Å². The van der Waals surface area contributed by atoms with E-state index < -0.39 is 11.7 Å². The number of thioether (sulfide) groups is 1. The zero-order valence-corrected chi connectivity index (χ0v) is 22.8. The van der Waals surface area contributed by atoms with Gasteiger partial charge in [-0.05, 0) is 70.5 Å². The smallest absolute Gasteiger partial charge is 0.416 e. The zero-order valence-electron chi connectivity index (χ0n) is 21.2. The Bertz CT molecular complexity index is 1200. The van der Waals surface area contributed by atoms with E-state index in [2.05, 4.69) is 24.9 Å². The van der Waals surface area contributed by atoms with Gasteiger partial charge in [0.25, 0.3) is 0 Å². The molecule has 1 heterocycles. The highest BCUT2D eigenvalue weighted by Gasteiger charge is 2.31. The monoisotopic (exact) mass is 537 g/mol. The van der Waals surface area contributed by atoms with E-state index in [1.165, 1.54) is 23.5 Å². The number of hydrogen-bond acceptors (Lipinski definition) is 6. The highest BCUT2D eigenvalue weighted by atomic mass is 32.2. The van der Waals surface area contributed by atoms with Gasteiger partial charge >= 0.3 is 12.1 Å². The van der Waals surface area contributed by atoms with Gasteiger partial charge in [0.1, 0.15) is 23.5 Å². The number of carbonyl (C=O) groups is 1. The minimum Gasteiger partial charge on any atom is -0.487 e. The molecule has 3 rings (SSSR count). The molecule has 0 bridgehead atoms. The molecule has 0 saturated heterocycles. The number of hydrogen-bond donors (Lipinski definition) is 0. The Morgan fingerprint density at radius 2 is 1.78 bits per heavy atom. The number of ether oxygens (including phenoxy) is 2. The predicted octanol–water partition coefficient (Wildman–Crippen LogP) is 8.19. The predicted molar refractivity (Wildman–Crippen MR) is 139 cm³/mol. The van der Waals surface area contributed by atoms with Crippen LogP contribution in [0.25, 0.3) is 10.6 Å². The number of carbonyl (C=O) groups excluding carboxylic acids is 1. The Morgan fingerprint density at radius 3 is 2.36 bits per heavy atom. The largest absolute Gasteiger partial charge is 0.487 e. The fourth-order valence-corrected chi connectivity index (χ4v) is 6.12. The lowest BCUT2D eigenvalue weighted by Gasteiger charge is -2.24. The molecule has 0 amide bonds. The zero-order chi connectivity index (χ0) is 26.7. The van der Waals surface area contributed by atoms with Gasteiger partial charge in [-0.1, -0.05) is 19.1 Å². The second-order valence-electron chi connectivity index (χ2n) is 9.01. The lowest BCUT2D eigenvalue weighted by molar-refractivity contribution is -0.145. The quantitative estimate of drug-likeness (QED) is 0.203. The molecule has 36 heavy (non-hydrogen) atoms. The van der Waals surface area contributed by atoms with E-state index >= 15 is 0 Å². The van der Waals surface area contributed by atoms with Crippen molar-refractivity contribution < 1.29 is 27.4 Å². The van der Waals surface area contributed by atoms with Gasteiger partial charge in [0.2, 0.25) is 0 Å². The average molecular weight is 538 g/mol. The third-order valence-electron chi connectivity index (χ3n) is 5.42. The van der Waals surface area contributed by atoms with E-state index in [0.717, 1.165) is 38.9 Å². The third kappa shape index (κ3) is 7.03. The molecular formula is C27H30F3NO3S2. The van der Waals surface area contributed by atoms with Crippen LogP contribution in [-0.2, 0) is 20.5 Å². The Labute approximate surface area is 218 Å². The molecule has 2 aromatic carbocycles. The van der Waals surface area contributed by atoms with E-state index in [4.69, 9.17) is 9.47 Å². The molecule has 1 atom stereocenters. The molecule has 0 saturated carbocycles. The van der Waals surface area contributed by atoms with E-state index in [9.17, 15) is 18.0 Å². The normalized spacial score (nSPS) is 12.9. The van der Waals surface area contributed by atoms with Gasteiger partial charge in [-0.15, -0.1) is 23.1 Å². The lowest BCUT2D eigenvalue weighted by Crippen LogP contribution is -2.21. The van der Waals surface area contributed by atoms with Crippen LogP contribution >= 0.6 is 23.1 Å². The van der Waals surface area contributed by atoms with Crippen molar-refractivity contribution in [1.29, 1.82) is 0 Å². The van der Waals surface area contributed by atoms with Crippen LogP contribution in [0, 0.1) is 13.8 Å². The van der Waals surface area contributed by atoms with Gasteiger partial charge < -0.3 is 9.47 Å². The van der Waals surface area contributed by atoms with E-state index in [-0.39, 0.29) is 23.4 Å². The van der Waals surface area contributed by atoms with Crippen LogP contribution in [0.3, 0.4) is 0 Å². The number of rotatable bonds is 9. The van der Waals surface area contributed by atoms with Crippen LogP contribution in [0.2, 0.25) is 0 Å². The minimum atomic E-state index is -4.36. The summed E-state index contributed by atoms with van der Waals surface area (Å²) in [5.41, 5.74) is 1.82. The molecular weight excluding hydrogens is 507 g/mol. The van der Waals surface area contributed by atoms with E-state index in [0.29, 0.717) is 17.0 Å². The van der Waals surface area contributed by atoms with Crippen LogP contribution in [0.5, 0.6) is 5.75 Å². The summed E-state index contributed by atoms with van der Waals surface area (Å²) in [7, 11) is 0. The highest BCUT2D eigenvalue weighted by Crippen LogP contribution is 2.46. The first-order chi connectivity index (χ1) is 16.8. The highest BCUT2D eigenvalue weighted by molar-refractivity contribution is 8.00. The number of aromatic nitrogens is 1. The first-order valence-electron chi connectivity index (χ1n) is 11.6. The lowest BCUT2D eigenvalue weighted by atomic mass is 10.1. The molecule has 0 aliphatic heterocycles. The topological polar surface area (TPSA) is 48.4 Å². The molecule has 0 spiro atoms. The molecule has 0 fully saturated rings. The van der Waals surface area contributed by atoms with Crippen LogP contribution < -0.4 is 4.74 Å². The molecule has 1 aromatic heterocycles. The second kappa shape index (κ2) is 11.3. The number of alkyl halides is 3. The van der Waals surface area contributed by atoms with Gasteiger partial charge in [0, 0.05) is 21.8 Å². The van der Waals surface area contributed by atoms with Crippen molar-refractivity contribution in [3.63, 3.8) is 0 Å². The summed E-state index contributed by atoms with van der Waals surface area (Å²) >= 11 is 3.18. The summed E-state index contributed by atoms with van der Waals surface area (Å²) in [6, 6.07) is 11.1. The number of benzene rings is 2. The third-order valence-corrected chi connectivity index (χ3v) is 8.28. The van der Waals surface area contributed by atoms with Crippen molar-refractivity contribution >= 4 is 29.1 Å². The molecule has 194 valence electrons. The van der Waals surface area contributed by atoms with Crippen molar-refractivity contribution in [1.82, 2.24) is 4.98 Å². The standard InChI is InChI=1S/C27H30F3NO3S2/c1-7-23(32)33-15-17(3)34-22-13-12-21(14-16(22)2)36-26(5,6)24-18(4)31-25(35-24)19-8-10-20(11-9-19)27(28,29)30/h8-14,17H,7,15H2,1-6H3. The number of aryl methyl sites for hydroxylation is 2. The Balaban J connectivity index is 1.73. The number of nitrogens with zero attached hydrogens (tertiary/aromatic N) is 1. The fourth-order valence-electron chi connectivity index (χ4n) is 3.60. The summed E-state index contributed by atoms with van der Waals surface area (Å²) in [4.78, 5) is 18.1. The molecule has 3 aromatic rings. The summed E-state index contributed by atoms with van der Waals surface area (Å²) in [6.45, 7) is 11.9. The molecule has 1 unspecified atom stereocenters. The van der Waals surface area contributed by atoms with E-state index in [1.807, 2.05) is 32.9 Å². The molecule has 0 aliphatic carbocycles. The van der Waals surface area contributed by atoms with Crippen molar-refractivity contribution in [2.75, 3.05) is 6.61 Å². The van der Waals surface area contributed by atoms with Gasteiger partial charge in [-0.2, -0.15) is 13.2 Å². The maximum absolute atomic E-state index is 12.9. The number of halogens is 3. The molecule has 0 radical (unpaired) electrons. The molecule has 0 aliphatic rings. The van der Waals surface area contributed by atoms with Crippen molar-refractivity contribution in [2.24, 2.45) is 0 Å². The Hall–Kier alpha value is -2.52. The van der Waals surface area contributed by atoms with Crippen LogP contribution in [0.4, 0.5) is 13.2 Å². The summed E-state index contributed by atoms with van der Waals surface area (Å²) in [6.07, 6.45) is -4.30. The Morgan fingerprint density at radius 1 is 1.11 bits per heavy atom. The average Bonchev–Trinajstić information content (AvgIpc) is 3.21. The fraction of sp³-hybridized carbons (Fsp3) is 0.407. The molecule has 4 nitrogen and oxygen atoms in total. The van der Waals surface area contributed by atoms with Gasteiger partial charge in [-0.25, -0.2) is 4.98 Å². The molecule has 0 N–H and O–H groups in total. The van der Waals surface area contributed by atoms with Crippen LogP contribution in [0.15, 0.2) is 47.4 Å². The van der Waals surface area contributed by atoms with Crippen molar-refractivity contribution in [2.45, 2.75) is 69.9 Å². The van der Waals surface area contributed by atoms with Crippen LogP contribution in [-0.4, -0.2) is 23.7 Å². The maximum atomic E-state index is 12.9. The van der Waals surface area contributed by atoms with Crippen LogP contribution in [0.1, 0.15) is 55.8 Å². The second-order valence-corrected chi connectivity index (χ2v) is 11.7. The maximum Gasteiger partial charge on any atom is 0.416 e. The summed E-state index contributed by atoms with van der Waals surface area (Å²) < 4.78 is 49.5. The minimum absolute atomic E-state index is 0.196. The first-order valence-corrected chi connectivity index (χ1v) is 13.2. The number of esters is 1. The Kier molecular flexibility index (Phi) is 8.77. The first kappa shape index (κ1) is 28.1. The van der Waals surface area contributed by atoms with Gasteiger partial charge in [0.15, 0.2) is 0 Å². The SMILES string of the molecule is CCC(=O)OCC(C)Oc1ccc(SC(C)(C)c2sc(-c3ccc(C(F)(F)F)cc3)nc2C)cc1C.